The van der Waals surface area contributed by atoms with Gasteiger partial charge in [-0.15, -0.1) is 11.3 Å². The van der Waals surface area contributed by atoms with E-state index in [1.165, 1.54) is 109 Å². The van der Waals surface area contributed by atoms with Crippen molar-refractivity contribution in [2.45, 2.75) is 30.1 Å². The van der Waals surface area contributed by atoms with Crippen molar-refractivity contribution in [1.29, 1.82) is 0 Å². The summed E-state index contributed by atoms with van der Waals surface area (Å²) < 4.78 is 2.63. The third-order valence-corrected chi connectivity index (χ3v) is 18.0. The van der Waals surface area contributed by atoms with Crippen molar-refractivity contribution in [1.82, 2.24) is 0 Å². The van der Waals surface area contributed by atoms with E-state index in [1.807, 2.05) is 11.3 Å². The summed E-state index contributed by atoms with van der Waals surface area (Å²) in [4.78, 5) is 2.51. The molecule has 0 amide bonds. The van der Waals surface area contributed by atoms with Crippen LogP contribution >= 0.6 is 11.3 Å². The number of benzene rings is 11. The Morgan fingerprint density at radius 3 is 1.37 bits per heavy atom. The minimum absolute atomic E-state index is 0.164. The maximum absolute atomic E-state index is 2.54. The molecule has 0 unspecified atom stereocenters. The van der Waals surface area contributed by atoms with E-state index in [9.17, 15) is 0 Å². The first-order chi connectivity index (χ1) is 36.0. The Hall–Kier alpha value is -8.56. The number of rotatable bonds is 6. The van der Waals surface area contributed by atoms with Gasteiger partial charge in [-0.25, -0.2) is 0 Å². The van der Waals surface area contributed by atoms with Crippen LogP contribution < -0.4 is 4.90 Å². The van der Waals surface area contributed by atoms with Crippen molar-refractivity contribution in [2.75, 3.05) is 4.90 Å². The molecule has 3 aliphatic carbocycles. The van der Waals surface area contributed by atoms with Crippen molar-refractivity contribution in [3.8, 4) is 33.4 Å². The molecular weight excluding hydrogens is 899 g/mol. The fourth-order valence-corrected chi connectivity index (χ4v) is 14.9. The molecule has 0 saturated heterocycles. The predicted molar refractivity (Wildman–Crippen MR) is 306 cm³/mol. The molecular formula is C71H49NS. The van der Waals surface area contributed by atoms with Gasteiger partial charge in [0.15, 0.2) is 0 Å². The molecule has 0 aliphatic heterocycles. The van der Waals surface area contributed by atoms with Gasteiger partial charge in [-0.05, 0) is 138 Å². The first-order valence-electron chi connectivity index (χ1n) is 25.6. The highest BCUT2D eigenvalue weighted by Gasteiger charge is 2.56. The van der Waals surface area contributed by atoms with Gasteiger partial charge in [0.1, 0.15) is 0 Å². The maximum Gasteiger partial charge on any atom is 0.0720 e. The number of anilines is 3. The van der Waals surface area contributed by atoms with Gasteiger partial charge in [-0.3, -0.25) is 0 Å². The smallest absolute Gasteiger partial charge is 0.0720 e. The summed E-state index contributed by atoms with van der Waals surface area (Å²) in [6.07, 6.45) is 0. The van der Waals surface area contributed by atoms with Crippen LogP contribution in [0.5, 0.6) is 0 Å². The molecule has 2 heteroatoms. The van der Waals surface area contributed by atoms with Crippen LogP contribution in [0.2, 0.25) is 0 Å². The molecule has 73 heavy (non-hydrogen) atoms. The first kappa shape index (κ1) is 42.2. The average molecular weight is 948 g/mol. The Kier molecular flexibility index (Phi) is 9.08. The van der Waals surface area contributed by atoms with E-state index in [0.29, 0.717) is 0 Å². The molecule has 344 valence electrons. The highest BCUT2D eigenvalue weighted by molar-refractivity contribution is 7.25. The standard InChI is InChI=1S/C71H49NS/c1-69(2)58-28-12-9-24-53(58)55-42-40-50(44-64(55)69)72(49-38-36-46(37-39-49)52-27-19-35-67-68(52)57-26-11-18-34-66(57)73-67)51-41-43-56-54-25-10-13-29-59(54)71(65(56)45-51)62-32-16-14-30-60(62)70(47-20-5-3-6-21-47,48-22-7-4-8-23-48)61-31-15-17-33-63(61)71/h3-45H,1-2H3. The van der Waals surface area contributed by atoms with E-state index in [0.717, 1.165) is 17.1 Å². The molecule has 3 aliphatic rings. The third kappa shape index (κ3) is 5.73. The van der Waals surface area contributed by atoms with Gasteiger partial charge in [0.25, 0.3) is 0 Å². The van der Waals surface area contributed by atoms with Crippen LogP contribution in [0.3, 0.4) is 0 Å². The largest absolute Gasteiger partial charge is 0.310 e. The van der Waals surface area contributed by atoms with Crippen LogP contribution in [0.25, 0.3) is 53.6 Å². The Labute approximate surface area is 431 Å². The van der Waals surface area contributed by atoms with Crippen molar-refractivity contribution in [3.63, 3.8) is 0 Å². The van der Waals surface area contributed by atoms with Gasteiger partial charge < -0.3 is 4.90 Å². The SMILES string of the molecule is CC1(C)c2ccccc2-c2ccc(N(c3ccc(-c4cccc5sc6ccccc6c45)cc3)c3ccc4c(c3)C3(c5ccccc5-4)c4ccccc4C(c4ccccc4)(c4ccccc4)c4ccccc43)cc21. The molecule has 1 aromatic heterocycles. The molecule has 0 saturated carbocycles. The molecule has 0 fully saturated rings. The Morgan fingerprint density at radius 1 is 0.301 bits per heavy atom. The maximum atomic E-state index is 2.54. The lowest BCUT2D eigenvalue weighted by Crippen LogP contribution is -2.44. The average Bonchev–Trinajstić information content (AvgIpc) is 4.06. The lowest BCUT2D eigenvalue weighted by atomic mass is 9.51. The summed E-state index contributed by atoms with van der Waals surface area (Å²) in [5, 5.41) is 2.64. The number of thiophene rings is 1. The summed E-state index contributed by atoms with van der Waals surface area (Å²) in [5.74, 6) is 0. The molecule has 1 nitrogen and oxygen atoms in total. The number of hydrogen-bond donors (Lipinski definition) is 0. The van der Waals surface area contributed by atoms with E-state index in [1.54, 1.807) is 0 Å². The van der Waals surface area contributed by atoms with Crippen LogP contribution in [0.1, 0.15) is 69.5 Å². The summed E-state index contributed by atoms with van der Waals surface area (Å²) in [6, 6.07) is 98.7. The quantitative estimate of drug-likeness (QED) is 0.161. The second-order valence-corrected chi connectivity index (χ2v) is 21.7. The van der Waals surface area contributed by atoms with Gasteiger partial charge in [-0.2, -0.15) is 0 Å². The minimum Gasteiger partial charge on any atom is -0.310 e. The zero-order chi connectivity index (χ0) is 48.5. The van der Waals surface area contributed by atoms with Crippen LogP contribution in [0.15, 0.2) is 261 Å². The van der Waals surface area contributed by atoms with Gasteiger partial charge in [0.05, 0.1) is 10.8 Å². The second kappa shape index (κ2) is 15.7. The number of hydrogen-bond acceptors (Lipinski definition) is 2. The summed E-state index contributed by atoms with van der Waals surface area (Å²) in [5.41, 5.74) is 22.8. The zero-order valence-electron chi connectivity index (χ0n) is 40.7. The van der Waals surface area contributed by atoms with Gasteiger partial charge in [0, 0.05) is 42.6 Å². The van der Waals surface area contributed by atoms with E-state index < -0.39 is 10.8 Å². The molecule has 11 aromatic carbocycles. The van der Waals surface area contributed by atoms with E-state index in [2.05, 4.69) is 280 Å². The molecule has 0 N–H and O–H groups in total. The fourth-order valence-electron chi connectivity index (χ4n) is 13.8. The fraction of sp³-hybridized carbons (Fsp3) is 0.0704. The van der Waals surface area contributed by atoms with E-state index >= 15 is 0 Å². The Morgan fingerprint density at radius 2 is 0.740 bits per heavy atom. The van der Waals surface area contributed by atoms with E-state index in [-0.39, 0.29) is 5.41 Å². The number of nitrogens with zero attached hydrogens (tertiary/aromatic N) is 1. The predicted octanol–water partition coefficient (Wildman–Crippen LogP) is 18.6. The van der Waals surface area contributed by atoms with Crippen molar-refractivity contribution in [2.24, 2.45) is 0 Å². The molecule has 0 atom stereocenters. The van der Waals surface area contributed by atoms with Gasteiger partial charge in [0.2, 0.25) is 0 Å². The normalized spacial score (nSPS) is 14.8. The topological polar surface area (TPSA) is 3.24 Å². The summed E-state index contributed by atoms with van der Waals surface area (Å²) in [6.45, 7) is 4.77. The first-order valence-corrected chi connectivity index (χ1v) is 26.4. The van der Waals surface area contributed by atoms with Crippen LogP contribution in [0, 0.1) is 0 Å². The Bertz CT molecular complexity index is 4090. The highest BCUT2D eigenvalue weighted by atomic mass is 32.1. The lowest BCUT2D eigenvalue weighted by molar-refractivity contribution is 0.623. The Balaban J connectivity index is 0.981. The summed E-state index contributed by atoms with van der Waals surface area (Å²) in [7, 11) is 0. The summed E-state index contributed by atoms with van der Waals surface area (Å²) >= 11 is 1.87. The van der Waals surface area contributed by atoms with Crippen molar-refractivity contribution >= 4 is 48.6 Å². The van der Waals surface area contributed by atoms with Crippen LogP contribution in [0.4, 0.5) is 17.1 Å². The molecule has 15 rings (SSSR count). The van der Waals surface area contributed by atoms with Gasteiger partial charge in [-0.1, -0.05) is 226 Å². The van der Waals surface area contributed by atoms with Crippen molar-refractivity contribution in [3.05, 3.63) is 316 Å². The minimum atomic E-state index is -0.624. The third-order valence-electron chi connectivity index (χ3n) is 16.8. The molecule has 1 heterocycles. The monoisotopic (exact) mass is 947 g/mol. The number of fused-ring (bicyclic) bond motifs is 15. The van der Waals surface area contributed by atoms with Gasteiger partial charge >= 0.3 is 0 Å². The van der Waals surface area contributed by atoms with Crippen LogP contribution in [-0.4, -0.2) is 0 Å². The van der Waals surface area contributed by atoms with Crippen LogP contribution in [-0.2, 0) is 16.2 Å². The zero-order valence-corrected chi connectivity index (χ0v) is 41.5. The molecule has 1 spiro atoms. The molecule has 12 aromatic rings. The molecule has 0 bridgehead atoms. The molecule has 0 radical (unpaired) electrons. The van der Waals surface area contributed by atoms with E-state index in [4.69, 9.17) is 0 Å². The van der Waals surface area contributed by atoms with Crippen molar-refractivity contribution < 1.29 is 0 Å². The highest BCUT2D eigenvalue weighted by Crippen LogP contribution is 2.65. The second-order valence-electron chi connectivity index (χ2n) is 20.7. The lowest BCUT2D eigenvalue weighted by Gasteiger charge is -2.50.